The Labute approximate surface area is 106 Å². The van der Waals surface area contributed by atoms with Crippen LogP contribution in [0.2, 0.25) is 0 Å². The van der Waals surface area contributed by atoms with Gasteiger partial charge in [-0.1, -0.05) is 13.0 Å². The van der Waals surface area contributed by atoms with Crippen molar-refractivity contribution in [1.29, 1.82) is 0 Å². The van der Waals surface area contributed by atoms with Crippen LogP contribution in [0.1, 0.15) is 36.3 Å². The molecule has 3 rings (SSSR count). The standard InChI is InChI=1S/C14H18N2S/c1-2-10-3-4-12-13(9-10)17-14(16-12)11-5-7-15-8-6-11/h3-4,9,11,15H,2,5-8H2,1H3. The first-order valence-corrected chi connectivity index (χ1v) is 7.28. The van der Waals surface area contributed by atoms with E-state index in [0.717, 1.165) is 19.5 Å². The third kappa shape index (κ3) is 2.22. The number of rotatable bonds is 2. The van der Waals surface area contributed by atoms with Gasteiger partial charge in [-0.3, -0.25) is 0 Å². The molecular weight excluding hydrogens is 228 g/mol. The van der Waals surface area contributed by atoms with E-state index in [2.05, 4.69) is 30.4 Å². The molecule has 1 aliphatic rings. The van der Waals surface area contributed by atoms with Gasteiger partial charge in [-0.15, -0.1) is 11.3 Å². The Morgan fingerprint density at radius 1 is 1.35 bits per heavy atom. The number of thiazole rings is 1. The van der Waals surface area contributed by atoms with E-state index >= 15 is 0 Å². The lowest BCUT2D eigenvalue weighted by molar-refractivity contribution is 0.459. The molecule has 1 aliphatic heterocycles. The molecule has 1 aromatic heterocycles. The van der Waals surface area contributed by atoms with Gasteiger partial charge in [-0.25, -0.2) is 4.98 Å². The predicted molar refractivity (Wildman–Crippen MR) is 73.8 cm³/mol. The zero-order valence-corrected chi connectivity index (χ0v) is 11.0. The summed E-state index contributed by atoms with van der Waals surface area (Å²) in [6.07, 6.45) is 3.58. The van der Waals surface area contributed by atoms with Gasteiger partial charge in [-0.2, -0.15) is 0 Å². The van der Waals surface area contributed by atoms with Gasteiger partial charge in [0.2, 0.25) is 0 Å². The number of benzene rings is 1. The summed E-state index contributed by atoms with van der Waals surface area (Å²) >= 11 is 1.89. The molecule has 0 radical (unpaired) electrons. The van der Waals surface area contributed by atoms with Crippen LogP contribution < -0.4 is 5.32 Å². The molecule has 0 spiro atoms. The van der Waals surface area contributed by atoms with E-state index < -0.39 is 0 Å². The Hall–Kier alpha value is -0.930. The minimum Gasteiger partial charge on any atom is -0.317 e. The summed E-state index contributed by atoms with van der Waals surface area (Å²) in [4.78, 5) is 4.80. The molecule has 0 saturated carbocycles. The SMILES string of the molecule is CCc1ccc2nc(C3CCNCC3)sc2c1. The molecule has 0 aliphatic carbocycles. The van der Waals surface area contributed by atoms with Crippen molar-refractivity contribution in [2.45, 2.75) is 32.1 Å². The van der Waals surface area contributed by atoms with E-state index in [9.17, 15) is 0 Å². The van der Waals surface area contributed by atoms with Crippen LogP contribution in [0.25, 0.3) is 10.2 Å². The number of aryl methyl sites for hydroxylation is 1. The number of nitrogens with zero attached hydrogens (tertiary/aromatic N) is 1. The first-order valence-electron chi connectivity index (χ1n) is 6.47. The first-order chi connectivity index (χ1) is 8.36. The Morgan fingerprint density at radius 2 is 2.18 bits per heavy atom. The molecule has 3 heteroatoms. The molecule has 2 heterocycles. The molecule has 0 unspecified atom stereocenters. The third-order valence-corrected chi connectivity index (χ3v) is 4.75. The van der Waals surface area contributed by atoms with Crippen LogP contribution in [0.4, 0.5) is 0 Å². The maximum Gasteiger partial charge on any atom is 0.0970 e. The van der Waals surface area contributed by atoms with Crippen LogP contribution in [0.15, 0.2) is 18.2 Å². The lowest BCUT2D eigenvalue weighted by Gasteiger charge is -2.20. The smallest absolute Gasteiger partial charge is 0.0970 e. The topological polar surface area (TPSA) is 24.9 Å². The Kier molecular flexibility index (Phi) is 3.12. The van der Waals surface area contributed by atoms with Crippen molar-refractivity contribution < 1.29 is 0 Å². The lowest BCUT2D eigenvalue weighted by atomic mass is 9.99. The zero-order chi connectivity index (χ0) is 11.7. The van der Waals surface area contributed by atoms with Crippen molar-refractivity contribution in [3.63, 3.8) is 0 Å². The molecule has 1 fully saturated rings. The molecule has 1 N–H and O–H groups in total. The highest BCUT2D eigenvalue weighted by Gasteiger charge is 2.18. The van der Waals surface area contributed by atoms with E-state index in [-0.39, 0.29) is 0 Å². The molecule has 1 aromatic carbocycles. The van der Waals surface area contributed by atoms with Gasteiger partial charge in [-0.05, 0) is 50.0 Å². The van der Waals surface area contributed by atoms with Gasteiger partial charge in [0.25, 0.3) is 0 Å². The van der Waals surface area contributed by atoms with Crippen molar-refractivity contribution in [2.75, 3.05) is 13.1 Å². The number of piperidine rings is 1. The summed E-state index contributed by atoms with van der Waals surface area (Å²) in [6.45, 7) is 4.48. The molecule has 2 nitrogen and oxygen atoms in total. The highest BCUT2D eigenvalue weighted by molar-refractivity contribution is 7.18. The van der Waals surface area contributed by atoms with Gasteiger partial charge >= 0.3 is 0 Å². The van der Waals surface area contributed by atoms with E-state index in [1.807, 2.05) is 11.3 Å². The Morgan fingerprint density at radius 3 is 2.94 bits per heavy atom. The van der Waals surface area contributed by atoms with Crippen LogP contribution in [-0.2, 0) is 6.42 Å². The lowest BCUT2D eigenvalue weighted by Crippen LogP contribution is -2.26. The quantitative estimate of drug-likeness (QED) is 0.879. The summed E-state index contributed by atoms with van der Waals surface area (Å²) in [5.74, 6) is 0.679. The van der Waals surface area contributed by atoms with Crippen LogP contribution in [0.3, 0.4) is 0 Å². The second-order valence-electron chi connectivity index (χ2n) is 4.73. The van der Waals surface area contributed by atoms with Crippen LogP contribution >= 0.6 is 11.3 Å². The Balaban J connectivity index is 1.95. The van der Waals surface area contributed by atoms with Crippen molar-refractivity contribution >= 4 is 21.6 Å². The predicted octanol–water partition coefficient (Wildman–Crippen LogP) is 3.33. The zero-order valence-electron chi connectivity index (χ0n) is 10.2. The fraction of sp³-hybridized carbons (Fsp3) is 0.500. The Bertz CT molecular complexity index is 512. The fourth-order valence-corrected chi connectivity index (χ4v) is 3.65. The van der Waals surface area contributed by atoms with Crippen molar-refractivity contribution in [3.05, 3.63) is 28.8 Å². The third-order valence-electron chi connectivity index (χ3n) is 3.57. The van der Waals surface area contributed by atoms with Crippen LogP contribution in [-0.4, -0.2) is 18.1 Å². The highest BCUT2D eigenvalue weighted by atomic mass is 32.1. The summed E-state index contributed by atoms with van der Waals surface area (Å²) < 4.78 is 1.36. The normalized spacial score (nSPS) is 17.7. The van der Waals surface area contributed by atoms with Gasteiger partial charge in [0.15, 0.2) is 0 Å². The molecular formula is C14H18N2S. The molecule has 2 aromatic rings. The van der Waals surface area contributed by atoms with Crippen LogP contribution in [0.5, 0.6) is 0 Å². The van der Waals surface area contributed by atoms with Crippen LogP contribution in [0, 0.1) is 0 Å². The summed E-state index contributed by atoms with van der Waals surface area (Å²) in [7, 11) is 0. The van der Waals surface area contributed by atoms with Crippen molar-refractivity contribution in [2.24, 2.45) is 0 Å². The largest absolute Gasteiger partial charge is 0.317 e. The molecule has 90 valence electrons. The second kappa shape index (κ2) is 4.75. The van der Waals surface area contributed by atoms with E-state index in [1.165, 1.54) is 33.6 Å². The maximum atomic E-state index is 4.80. The van der Waals surface area contributed by atoms with Crippen molar-refractivity contribution in [3.8, 4) is 0 Å². The molecule has 0 bridgehead atoms. The van der Waals surface area contributed by atoms with Gasteiger partial charge < -0.3 is 5.32 Å². The van der Waals surface area contributed by atoms with E-state index in [1.54, 1.807) is 0 Å². The minimum atomic E-state index is 0.679. The molecule has 0 amide bonds. The average Bonchev–Trinajstić information content (AvgIpc) is 2.82. The second-order valence-corrected chi connectivity index (χ2v) is 5.79. The minimum absolute atomic E-state index is 0.679. The molecule has 0 atom stereocenters. The number of hydrogen-bond donors (Lipinski definition) is 1. The number of fused-ring (bicyclic) bond motifs is 1. The molecule has 17 heavy (non-hydrogen) atoms. The molecule has 1 saturated heterocycles. The summed E-state index contributed by atoms with van der Waals surface area (Å²) in [5.41, 5.74) is 2.60. The number of nitrogens with one attached hydrogen (secondary N) is 1. The number of aromatic nitrogens is 1. The average molecular weight is 246 g/mol. The monoisotopic (exact) mass is 246 g/mol. The fourth-order valence-electron chi connectivity index (χ4n) is 2.45. The number of hydrogen-bond acceptors (Lipinski definition) is 3. The highest BCUT2D eigenvalue weighted by Crippen LogP contribution is 2.32. The van der Waals surface area contributed by atoms with Crippen molar-refractivity contribution in [1.82, 2.24) is 10.3 Å². The van der Waals surface area contributed by atoms with Gasteiger partial charge in [0.05, 0.1) is 15.2 Å². The summed E-state index contributed by atoms with van der Waals surface area (Å²) in [5, 5.41) is 4.76. The van der Waals surface area contributed by atoms with Gasteiger partial charge in [0, 0.05) is 5.92 Å². The summed E-state index contributed by atoms with van der Waals surface area (Å²) in [6, 6.07) is 6.68. The van der Waals surface area contributed by atoms with Gasteiger partial charge in [0.1, 0.15) is 0 Å². The van der Waals surface area contributed by atoms with E-state index in [0.29, 0.717) is 5.92 Å². The van der Waals surface area contributed by atoms with E-state index in [4.69, 9.17) is 4.98 Å². The maximum absolute atomic E-state index is 4.80. The first kappa shape index (κ1) is 11.2.